The van der Waals surface area contributed by atoms with E-state index in [2.05, 4.69) is 26.0 Å². The van der Waals surface area contributed by atoms with Crippen molar-refractivity contribution in [1.82, 2.24) is 0 Å². The van der Waals surface area contributed by atoms with Crippen LogP contribution in [0.4, 0.5) is 5.69 Å². The zero-order chi connectivity index (χ0) is 11.3. The van der Waals surface area contributed by atoms with Crippen LogP contribution in [0.3, 0.4) is 0 Å². The van der Waals surface area contributed by atoms with Crippen molar-refractivity contribution in [3.8, 4) is 0 Å². The Kier molecular flexibility index (Phi) is 3.91. The third kappa shape index (κ3) is 3.46. The molecule has 0 aromatic heterocycles. The summed E-state index contributed by atoms with van der Waals surface area (Å²) >= 11 is 3.22. The van der Waals surface area contributed by atoms with E-state index in [0.29, 0.717) is 11.3 Å². The Morgan fingerprint density at radius 2 is 2.33 bits per heavy atom. The van der Waals surface area contributed by atoms with Crippen molar-refractivity contribution in [3.63, 3.8) is 0 Å². The highest BCUT2D eigenvalue weighted by atomic mass is 79.9. The number of carboxylic acid groups (broad SMARTS) is 1. The summed E-state index contributed by atoms with van der Waals surface area (Å²) in [6.07, 6.45) is 2.36. The first-order valence-corrected chi connectivity index (χ1v) is 4.68. The summed E-state index contributed by atoms with van der Waals surface area (Å²) in [6.45, 7) is 0. The Morgan fingerprint density at radius 1 is 1.60 bits per heavy atom. The monoisotopic (exact) mass is 267 g/mol. The molecule has 0 heterocycles. The van der Waals surface area contributed by atoms with Gasteiger partial charge in [0, 0.05) is 21.1 Å². The molecule has 1 aromatic carbocycles. The van der Waals surface area contributed by atoms with Gasteiger partial charge in [0.15, 0.2) is 0 Å². The van der Waals surface area contributed by atoms with Gasteiger partial charge in [0.25, 0.3) is 0 Å². The van der Waals surface area contributed by atoms with Crippen LogP contribution >= 0.6 is 15.9 Å². The van der Waals surface area contributed by atoms with Crippen LogP contribution in [0.1, 0.15) is 5.56 Å². The summed E-state index contributed by atoms with van der Waals surface area (Å²) in [6, 6.07) is 5.01. The van der Waals surface area contributed by atoms with E-state index >= 15 is 0 Å². The highest BCUT2D eigenvalue weighted by Crippen LogP contribution is 2.25. The highest BCUT2D eigenvalue weighted by molar-refractivity contribution is 9.10. The van der Waals surface area contributed by atoms with Gasteiger partial charge >= 0.3 is 5.97 Å². The van der Waals surface area contributed by atoms with Gasteiger partial charge in [-0.05, 0) is 29.3 Å². The number of hydrogen-bond acceptors (Lipinski definition) is 2. The lowest BCUT2D eigenvalue weighted by molar-refractivity contribution is -0.131. The molecule has 1 rings (SSSR count). The number of hydrogen-bond donors (Lipinski definition) is 1. The second-order valence-electron chi connectivity index (χ2n) is 2.56. The van der Waals surface area contributed by atoms with E-state index in [4.69, 9.17) is 10.6 Å². The first-order chi connectivity index (χ1) is 7.13. The van der Waals surface area contributed by atoms with Gasteiger partial charge in [0.1, 0.15) is 0 Å². The Hall–Kier alpha value is -1.78. The van der Waals surface area contributed by atoms with Crippen LogP contribution in [0.5, 0.6) is 0 Å². The van der Waals surface area contributed by atoms with Crippen molar-refractivity contribution in [2.45, 2.75) is 0 Å². The average molecular weight is 268 g/mol. The van der Waals surface area contributed by atoms with Crippen LogP contribution in [-0.4, -0.2) is 11.1 Å². The van der Waals surface area contributed by atoms with E-state index in [1.807, 2.05) is 0 Å². The molecule has 0 aliphatic rings. The molecule has 0 spiro atoms. The van der Waals surface area contributed by atoms with Crippen molar-refractivity contribution in [1.29, 1.82) is 0 Å². The molecule has 0 bridgehead atoms. The van der Waals surface area contributed by atoms with Crippen LogP contribution < -0.4 is 0 Å². The number of rotatable bonds is 3. The van der Waals surface area contributed by atoms with Crippen molar-refractivity contribution >= 4 is 33.7 Å². The second kappa shape index (κ2) is 5.19. The predicted molar refractivity (Wildman–Crippen MR) is 59.6 cm³/mol. The van der Waals surface area contributed by atoms with E-state index in [1.54, 1.807) is 18.2 Å². The summed E-state index contributed by atoms with van der Waals surface area (Å²) in [4.78, 5) is 13.0. The summed E-state index contributed by atoms with van der Waals surface area (Å²) in [5, 5.41) is 11.9. The molecule has 0 unspecified atom stereocenters. The zero-order valence-corrected chi connectivity index (χ0v) is 9.05. The molecule has 5 nitrogen and oxygen atoms in total. The van der Waals surface area contributed by atoms with Gasteiger partial charge in [-0.2, -0.15) is 0 Å². The minimum Gasteiger partial charge on any atom is -0.478 e. The molecule has 0 radical (unpaired) electrons. The molecule has 76 valence electrons. The van der Waals surface area contributed by atoms with Gasteiger partial charge in [-0.3, -0.25) is 0 Å². The fraction of sp³-hybridized carbons (Fsp3) is 0. The summed E-state index contributed by atoms with van der Waals surface area (Å²) in [5.74, 6) is -1.05. The van der Waals surface area contributed by atoms with Gasteiger partial charge in [0.05, 0.1) is 0 Å². The summed E-state index contributed by atoms with van der Waals surface area (Å²) in [5.41, 5.74) is 9.25. The lowest BCUT2D eigenvalue weighted by atomic mass is 10.1. The van der Waals surface area contributed by atoms with Crippen molar-refractivity contribution < 1.29 is 9.90 Å². The van der Waals surface area contributed by atoms with Gasteiger partial charge in [-0.25, -0.2) is 4.79 Å². The molecule has 0 aliphatic carbocycles. The zero-order valence-electron chi connectivity index (χ0n) is 7.46. The Bertz CT molecular complexity index is 464. The normalized spacial score (nSPS) is 9.93. The smallest absolute Gasteiger partial charge is 0.328 e. The van der Waals surface area contributed by atoms with Crippen LogP contribution in [0, 0.1) is 0 Å². The number of benzene rings is 1. The van der Waals surface area contributed by atoms with E-state index in [1.165, 1.54) is 6.08 Å². The van der Waals surface area contributed by atoms with Crippen LogP contribution in [0.2, 0.25) is 0 Å². The molecule has 15 heavy (non-hydrogen) atoms. The molecule has 0 saturated carbocycles. The number of azide groups is 1. The molecule has 0 saturated heterocycles. The molecule has 0 aliphatic heterocycles. The van der Waals surface area contributed by atoms with E-state index in [-0.39, 0.29) is 0 Å². The lowest BCUT2D eigenvalue weighted by Crippen LogP contribution is -1.85. The van der Waals surface area contributed by atoms with Gasteiger partial charge in [-0.1, -0.05) is 27.1 Å². The maximum absolute atomic E-state index is 10.3. The number of halogens is 1. The van der Waals surface area contributed by atoms with Gasteiger partial charge in [-0.15, -0.1) is 0 Å². The molecule has 0 fully saturated rings. The van der Waals surface area contributed by atoms with Gasteiger partial charge < -0.3 is 5.11 Å². The topological polar surface area (TPSA) is 86.1 Å². The largest absolute Gasteiger partial charge is 0.478 e. The predicted octanol–water partition coefficient (Wildman–Crippen LogP) is 3.49. The Morgan fingerprint density at radius 3 is 2.93 bits per heavy atom. The van der Waals surface area contributed by atoms with Crippen molar-refractivity contribution in [2.24, 2.45) is 5.11 Å². The Labute approximate surface area is 93.8 Å². The first-order valence-electron chi connectivity index (χ1n) is 3.89. The van der Waals surface area contributed by atoms with E-state index in [9.17, 15) is 4.79 Å². The number of aliphatic carboxylic acids is 1. The SMILES string of the molecule is [N-]=[N+]=Nc1cc(Br)ccc1C=CC(=O)O. The van der Waals surface area contributed by atoms with Crippen molar-refractivity contribution in [2.75, 3.05) is 0 Å². The molecule has 6 heteroatoms. The standard InChI is InChI=1S/C9H6BrN3O2/c10-7-3-1-6(2-4-9(14)15)8(5-7)12-13-11/h1-5H,(H,14,15). The molecule has 1 aromatic rings. The maximum atomic E-state index is 10.3. The minimum atomic E-state index is -1.05. The average Bonchev–Trinajstić information content (AvgIpc) is 2.17. The van der Waals surface area contributed by atoms with E-state index in [0.717, 1.165) is 10.5 Å². The lowest BCUT2D eigenvalue weighted by Gasteiger charge is -1.99. The third-order valence-corrected chi connectivity index (χ3v) is 2.04. The third-order valence-electron chi connectivity index (χ3n) is 1.55. The van der Waals surface area contributed by atoms with E-state index < -0.39 is 5.97 Å². The van der Waals surface area contributed by atoms with Gasteiger partial charge in [0.2, 0.25) is 0 Å². The molecule has 0 amide bonds. The fourth-order valence-electron chi connectivity index (χ4n) is 0.954. The summed E-state index contributed by atoms with van der Waals surface area (Å²) < 4.78 is 0.761. The maximum Gasteiger partial charge on any atom is 0.328 e. The number of nitrogens with zero attached hydrogens (tertiary/aromatic N) is 3. The molecule has 1 N–H and O–H groups in total. The summed E-state index contributed by atoms with van der Waals surface area (Å²) in [7, 11) is 0. The number of carboxylic acids is 1. The van der Waals surface area contributed by atoms with Crippen LogP contribution in [0.15, 0.2) is 33.9 Å². The number of carbonyl (C=O) groups is 1. The second-order valence-corrected chi connectivity index (χ2v) is 3.48. The first kappa shape index (κ1) is 11.3. The minimum absolute atomic E-state index is 0.379. The van der Waals surface area contributed by atoms with Crippen LogP contribution in [0.25, 0.3) is 16.5 Å². The molecule has 0 atom stereocenters. The van der Waals surface area contributed by atoms with Crippen molar-refractivity contribution in [3.05, 3.63) is 44.8 Å². The Balaban J connectivity index is 3.16. The highest BCUT2D eigenvalue weighted by Gasteiger charge is 1.98. The quantitative estimate of drug-likeness (QED) is 0.393. The molecular weight excluding hydrogens is 262 g/mol. The molecular formula is C9H6BrN3O2. The fourth-order valence-corrected chi connectivity index (χ4v) is 1.30. The van der Waals surface area contributed by atoms with Crippen LogP contribution in [-0.2, 0) is 4.79 Å².